The van der Waals surface area contributed by atoms with Gasteiger partial charge < -0.3 is 23.7 Å². The van der Waals surface area contributed by atoms with E-state index < -0.39 is 0 Å². The van der Waals surface area contributed by atoms with E-state index in [4.69, 9.17) is 23.7 Å². The zero-order valence-corrected chi connectivity index (χ0v) is 18.5. The molecule has 0 bridgehead atoms. The summed E-state index contributed by atoms with van der Waals surface area (Å²) in [5, 5.41) is 0. The van der Waals surface area contributed by atoms with Crippen LogP contribution in [-0.2, 0) is 25.0 Å². The van der Waals surface area contributed by atoms with Crippen molar-refractivity contribution in [1.82, 2.24) is 0 Å². The summed E-state index contributed by atoms with van der Waals surface area (Å²) in [5.41, 5.74) is 2.21. The molecule has 5 heteroatoms. The first-order valence-corrected chi connectivity index (χ1v) is 9.81. The molecule has 0 fully saturated rings. The molecule has 160 valence electrons. The zero-order chi connectivity index (χ0) is 21.3. The van der Waals surface area contributed by atoms with E-state index in [-0.39, 0.29) is 24.4 Å². The molecule has 0 spiro atoms. The van der Waals surface area contributed by atoms with Gasteiger partial charge in [-0.3, -0.25) is 0 Å². The van der Waals surface area contributed by atoms with Crippen molar-refractivity contribution in [3.63, 3.8) is 0 Å². The Kier molecular flexibility index (Phi) is 8.50. The molecule has 0 aliphatic heterocycles. The molecule has 0 amide bonds. The molecule has 0 aliphatic rings. The first-order chi connectivity index (χ1) is 13.8. The van der Waals surface area contributed by atoms with Crippen LogP contribution in [-0.4, -0.2) is 41.0 Å². The Labute approximate surface area is 174 Å². The second-order valence-corrected chi connectivity index (χ2v) is 8.41. The summed E-state index contributed by atoms with van der Waals surface area (Å²) in [5.74, 6) is 1.60. The van der Waals surface area contributed by atoms with E-state index in [0.29, 0.717) is 13.2 Å². The number of hydrogen-bond donors (Lipinski definition) is 0. The number of rotatable bonds is 12. The molecule has 0 N–H and O–H groups in total. The lowest BCUT2D eigenvalue weighted by Crippen LogP contribution is -2.30. The van der Waals surface area contributed by atoms with Crippen molar-refractivity contribution in [3.8, 4) is 11.5 Å². The average molecular weight is 403 g/mol. The predicted molar refractivity (Wildman–Crippen MR) is 115 cm³/mol. The van der Waals surface area contributed by atoms with Gasteiger partial charge in [0.05, 0.1) is 13.2 Å². The Morgan fingerprint density at radius 1 is 0.586 bits per heavy atom. The monoisotopic (exact) mass is 402 g/mol. The van der Waals surface area contributed by atoms with Gasteiger partial charge in [0.15, 0.2) is 13.6 Å². The summed E-state index contributed by atoms with van der Waals surface area (Å²) in [6.07, 6.45) is 0. The minimum atomic E-state index is -0.103. The minimum Gasteiger partial charge on any atom is -0.468 e. The molecule has 0 unspecified atom stereocenters. The third kappa shape index (κ3) is 7.03. The van der Waals surface area contributed by atoms with Gasteiger partial charge in [-0.1, -0.05) is 52.0 Å². The third-order valence-corrected chi connectivity index (χ3v) is 4.88. The van der Waals surface area contributed by atoms with E-state index in [1.54, 1.807) is 14.2 Å². The number of benzene rings is 2. The summed E-state index contributed by atoms with van der Waals surface area (Å²) < 4.78 is 26.9. The molecule has 2 aromatic rings. The van der Waals surface area contributed by atoms with E-state index in [1.165, 1.54) is 11.1 Å². The van der Waals surface area contributed by atoms with Crippen molar-refractivity contribution in [2.24, 2.45) is 0 Å². The highest BCUT2D eigenvalue weighted by Crippen LogP contribution is 2.29. The van der Waals surface area contributed by atoms with Crippen molar-refractivity contribution in [1.29, 1.82) is 0 Å². The summed E-state index contributed by atoms with van der Waals surface area (Å²) in [7, 11) is 3.22. The fourth-order valence-electron chi connectivity index (χ4n) is 2.99. The van der Waals surface area contributed by atoms with Crippen LogP contribution in [0.2, 0.25) is 0 Å². The molecule has 0 saturated carbocycles. The maximum Gasteiger partial charge on any atom is 0.188 e. The first-order valence-electron chi connectivity index (χ1n) is 9.81. The van der Waals surface area contributed by atoms with E-state index in [1.807, 2.05) is 24.3 Å². The van der Waals surface area contributed by atoms with Crippen LogP contribution in [0.15, 0.2) is 48.5 Å². The van der Waals surface area contributed by atoms with Gasteiger partial charge in [0.1, 0.15) is 11.5 Å². The highest BCUT2D eigenvalue weighted by Gasteiger charge is 2.25. The van der Waals surface area contributed by atoms with Crippen LogP contribution in [0.1, 0.15) is 38.8 Å². The fraction of sp³-hybridized carbons (Fsp3) is 0.500. The zero-order valence-electron chi connectivity index (χ0n) is 18.5. The van der Waals surface area contributed by atoms with Crippen LogP contribution in [0, 0.1) is 0 Å². The normalized spacial score (nSPS) is 12.1. The Balaban J connectivity index is 1.90. The molecule has 2 rings (SSSR count). The predicted octanol–water partition coefficient (Wildman–Crippen LogP) is 4.92. The van der Waals surface area contributed by atoms with Crippen LogP contribution in [0.4, 0.5) is 0 Å². The maximum atomic E-state index is 6.16. The maximum absolute atomic E-state index is 6.16. The second kappa shape index (κ2) is 10.6. The van der Waals surface area contributed by atoms with E-state index in [0.717, 1.165) is 11.5 Å². The molecule has 2 aromatic carbocycles. The number of ether oxygens (including phenoxy) is 5. The molecule has 0 saturated heterocycles. The van der Waals surface area contributed by atoms with Crippen molar-refractivity contribution < 1.29 is 23.7 Å². The van der Waals surface area contributed by atoms with Crippen LogP contribution in [0.25, 0.3) is 0 Å². The van der Waals surface area contributed by atoms with Gasteiger partial charge >= 0.3 is 0 Å². The molecule has 0 aliphatic carbocycles. The molecule has 5 nitrogen and oxygen atoms in total. The van der Waals surface area contributed by atoms with Crippen molar-refractivity contribution in [2.45, 2.75) is 38.5 Å². The van der Waals surface area contributed by atoms with Gasteiger partial charge in [-0.2, -0.15) is 0 Å². The number of methoxy groups -OCH3 is 2. The largest absolute Gasteiger partial charge is 0.468 e. The van der Waals surface area contributed by atoms with Gasteiger partial charge in [0.2, 0.25) is 0 Å². The number of hydrogen-bond acceptors (Lipinski definition) is 5. The lowest BCUT2D eigenvalue weighted by atomic mass is 9.84. The molecule has 0 heterocycles. The molecular weight excluding hydrogens is 368 g/mol. The lowest BCUT2D eigenvalue weighted by molar-refractivity contribution is 0.0509. The van der Waals surface area contributed by atoms with Gasteiger partial charge in [0.25, 0.3) is 0 Å². The quantitative estimate of drug-likeness (QED) is 0.471. The highest BCUT2D eigenvalue weighted by atomic mass is 16.7. The minimum absolute atomic E-state index is 0.103. The van der Waals surface area contributed by atoms with Crippen LogP contribution in [0.5, 0.6) is 11.5 Å². The SMILES string of the molecule is COCOc1ccc(C(C)(C)COCC(C)(C)c2ccc(OCOC)cc2)cc1. The molecule has 0 atom stereocenters. The van der Waals surface area contributed by atoms with Crippen LogP contribution in [0.3, 0.4) is 0 Å². The molecule has 29 heavy (non-hydrogen) atoms. The first kappa shape index (κ1) is 23.2. The summed E-state index contributed by atoms with van der Waals surface area (Å²) in [4.78, 5) is 0. The van der Waals surface area contributed by atoms with Crippen LogP contribution < -0.4 is 9.47 Å². The van der Waals surface area contributed by atoms with Gasteiger partial charge in [-0.15, -0.1) is 0 Å². The topological polar surface area (TPSA) is 46.2 Å². The summed E-state index contributed by atoms with van der Waals surface area (Å²) in [6.45, 7) is 10.5. The summed E-state index contributed by atoms with van der Waals surface area (Å²) >= 11 is 0. The molecule has 0 radical (unpaired) electrons. The Bertz CT molecular complexity index is 656. The Hall–Kier alpha value is -2.08. The van der Waals surface area contributed by atoms with E-state index in [2.05, 4.69) is 52.0 Å². The Morgan fingerprint density at radius 3 is 1.24 bits per heavy atom. The molecular formula is C24H34O5. The molecule has 0 aromatic heterocycles. The lowest BCUT2D eigenvalue weighted by Gasteiger charge is -2.30. The van der Waals surface area contributed by atoms with Crippen molar-refractivity contribution >= 4 is 0 Å². The van der Waals surface area contributed by atoms with Gasteiger partial charge in [0, 0.05) is 25.0 Å². The summed E-state index contributed by atoms with van der Waals surface area (Å²) in [6, 6.07) is 16.2. The smallest absolute Gasteiger partial charge is 0.188 e. The van der Waals surface area contributed by atoms with E-state index in [9.17, 15) is 0 Å². The second-order valence-electron chi connectivity index (χ2n) is 8.41. The van der Waals surface area contributed by atoms with Crippen molar-refractivity contribution in [3.05, 3.63) is 59.7 Å². The Morgan fingerprint density at radius 2 is 0.931 bits per heavy atom. The standard InChI is InChI=1S/C24H34O5/c1-23(2,19-7-11-21(12-8-19)28-17-25-5)15-27-16-24(3,4)20-9-13-22(14-10-20)29-18-26-6/h7-14H,15-18H2,1-6H3. The van der Waals surface area contributed by atoms with Crippen molar-refractivity contribution in [2.75, 3.05) is 41.0 Å². The average Bonchev–Trinajstić information content (AvgIpc) is 2.71. The van der Waals surface area contributed by atoms with Crippen LogP contribution >= 0.6 is 0 Å². The van der Waals surface area contributed by atoms with Gasteiger partial charge in [-0.05, 0) is 35.4 Å². The van der Waals surface area contributed by atoms with E-state index >= 15 is 0 Å². The van der Waals surface area contributed by atoms with Gasteiger partial charge in [-0.25, -0.2) is 0 Å². The highest BCUT2D eigenvalue weighted by molar-refractivity contribution is 5.33. The fourth-order valence-corrected chi connectivity index (χ4v) is 2.99. The third-order valence-electron chi connectivity index (χ3n) is 4.88.